The normalized spacial score (nSPS) is 25.4. The van der Waals surface area contributed by atoms with Crippen molar-refractivity contribution in [3.63, 3.8) is 0 Å². The van der Waals surface area contributed by atoms with Crippen LogP contribution in [0.1, 0.15) is 25.7 Å². The van der Waals surface area contributed by atoms with Crippen molar-refractivity contribution in [2.45, 2.75) is 37.8 Å². The quantitative estimate of drug-likeness (QED) is 0.839. The molecule has 0 aliphatic heterocycles. The van der Waals surface area contributed by atoms with Crippen LogP contribution in [0.5, 0.6) is 0 Å². The van der Waals surface area contributed by atoms with Crippen LogP contribution in [0.15, 0.2) is 12.4 Å². The zero-order valence-corrected chi connectivity index (χ0v) is 11.6. The van der Waals surface area contributed by atoms with Crippen molar-refractivity contribution in [1.29, 1.82) is 0 Å². The van der Waals surface area contributed by atoms with Gasteiger partial charge < -0.3 is 10.6 Å². The van der Waals surface area contributed by atoms with E-state index in [-0.39, 0.29) is 6.04 Å². The van der Waals surface area contributed by atoms with Gasteiger partial charge in [0.05, 0.1) is 0 Å². The minimum atomic E-state index is 0.252. The van der Waals surface area contributed by atoms with Crippen molar-refractivity contribution in [2.75, 3.05) is 11.9 Å². The van der Waals surface area contributed by atoms with Gasteiger partial charge in [-0.05, 0) is 35.4 Å². The Kier molecular flexibility index (Phi) is 3.96. The fraction of sp³-hybridized carbons (Fsp3) is 0.636. The SMILES string of the molecule is CN(c1ncc(I)cn1)C1CCCCC1N. The van der Waals surface area contributed by atoms with Crippen molar-refractivity contribution >= 4 is 28.5 Å². The Bertz CT molecular complexity index is 340. The molecule has 16 heavy (non-hydrogen) atoms. The molecule has 0 aromatic carbocycles. The summed E-state index contributed by atoms with van der Waals surface area (Å²) in [6.07, 6.45) is 8.44. The molecular weight excluding hydrogens is 315 g/mol. The molecule has 1 heterocycles. The van der Waals surface area contributed by atoms with Gasteiger partial charge in [-0.15, -0.1) is 0 Å². The van der Waals surface area contributed by atoms with Crippen molar-refractivity contribution < 1.29 is 0 Å². The highest BCUT2D eigenvalue weighted by Gasteiger charge is 2.26. The third-order valence-electron chi connectivity index (χ3n) is 3.20. The number of aromatic nitrogens is 2. The highest BCUT2D eigenvalue weighted by atomic mass is 127. The van der Waals surface area contributed by atoms with Crippen LogP contribution in [0.3, 0.4) is 0 Å². The molecule has 1 aliphatic rings. The van der Waals surface area contributed by atoms with Gasteiger partial charge in [0, 0.05) is 35.1 Å². The van der Waals surface area contributed by atoms with E-state index in [1.54, 1.807) is 0 Å². The lowest BCUT2D eigenvalue weighted by atomic mass is 9.90. The average molecular weight is 332 g/mol. The molecule has 0 saturated heterocycles. The zero-order chi connectivity index (χ0) is 11.5. The molecule has 1 fully saturated rings. The Morgan fingerprint density at radius 2 is 1.94 bits per heavy atom. The number of rotatable bonds is 2. The van der Waals surface area contributed by atoms with Gasteiger partial charge in [0.25, 0.3) is 0 Å². The molecule has 0 radical (unpaired) electrons. The van der Waals surface area contributed by atoms with Crippen LogP contribution in [-0.4, -0.2) is 29.1 Å². The summed E-state index contributed by atoms with van der Waals surface area (Å²) >= 11 is 2.21. The van der Waals surface area contributed by atoms with E-state index in [1.165, 1.54) is 12.8 Å². The summed E-state index contributed by atoms with van der Waals surface area (Å²) < 4.78 is 1.06. The Hall–Kier alpha value is -0.430. The number of likely N-dealkylation sites (N-methyl/N-ethyl adjacent to an activating group) is 1. The maximum atomic E-state index is 6.15. The van der Waals surface area contributed by atoms with Crippen LogP contribution in [-0.2, 0) is 0 Å². The second-order valence-electron chi connectivity index (χ2n) is 4.33. The first-order valence-electron chi connectivity index (χ1n) is 5.64. The third-order valence-corrected chi connectivity index (χ3v) is 3.76. The van der Waals surface area contributed by atoms with Crippen LogP contribution in [0.25, 0.3) is 0 Å². The highest BCUT2D eigenvalue weighted by Crippen LogP contribution is 2.23. The van der Waals surface area contributed by atoms with Gasteiger partial charge in [-0.1, -0.05) is 12.8 Å². The van der Waals surface area contributed by atoms with Crippen molar-refractivity contribution in [3.8, 4) is 0 Å². The summed E-state index contributed by atoms with van der Waals surface area (Å²) in [5.41, 5.74) is 6.15. The molecule has 0 spiro atoms. The summed E-state index contributed by atoms with van der Waals surface area (Å²) in [5.74, 6) is 0.780. The molecule has 0 bridgehead atoms. The van der Waals surface area contributed by atoms with Crippen LogP contribution in [0.2, 0.25) is 0 Å². The van der Waals surface area contributed by atoms with Gasteiger partial charge in [-0.25, -0.2) is 9.97 Å². The minimum absolute atomic E-state index is 0.252. The predicted molar refractivity (Wildman–Crippen MR) is 73.4 cm³/mol. The number of halogens is 1. The fourth-order valence-corrected chi connectivity index (χ4v) is 2.54. The lowest BCUT2D eigenvalue weighted by Crippen LogP contribution is -2.48. The molecule has 2 atom stereocenters. The van der Waals surface area contributed by atoms with E-state index in [0.717, 1.165) is 22.4 Å². The van der Waals surface area contributed by atoms with E-state index in [2.05, 4.69) is 37.5 Å². The molecule has 5 heteroatoms. The van der Waals surface area contributed by atoms with E-state index in [4.69, 9.17) is 5.73 Å². The Labute approximate surface area is 110 Å². The predicted octanol–water partition coefficient (Wildman–Crippen LogP) is 1.79. The second-order valence-corrected chi connectivity index (χ2v) is 5.57. The molecule has 88 valence electrons. The molecule has 1 aromatic heterocycles. The Morgan fingerprint density at radius 3 is 2.56 bits per heavy atom. The molecule has 2 rings (SSSR count). The Morgan fingerprint density at radius 1 is 1.31 bits per heavy atom. The second kappa shape index (κ2) is 5.27. The van der Waals surface area contributed by atoms with E-state index in [9.17, 15) is 0 Å². The smallest absolute Gasteiger partial charge is 0.225 e. The van der Waals surface area contributed by atoms with Crippen molar-refractivity contribution in [3.05, 3.63) is 16.0 Å². The molecule has 0 amide bonds. The number of anilines is 1. The van der Waals surface area contributed by atoms with Crippen molar-refractivity contribution in [1.82, 2.24) is 9.97 Å². The summed E-state index contributed by atoms with van der Waals surface area (Å²) in [6, 6.07) is 0.635. The van der Waals surface area contributed by atoms with Gasteiger partial charge in [0.1, 0.15) is 0 Å². The number of hydrogen-bond acceptors (Lipinski definition) is 4. The van der Waals surface area contributed by atoms with E-state index < -0.39 is 0 Å². The van der Waals surface area contributed by atoms with Crippen LogP contribution >= 0.6 is 22.6 Å². The third kappa shape index (κ3) is 2.63. The summed E-state index contributed by atoms with van der Waals surface area (Å²) in [7, 11) is 2.04. The van der Waals surface area contributed by atoms with Crippen LogP contribution < -0.4 is 10.6 Å². The number of nitrogens with two attached hydrogens (primary N) is 1. The largest absolute Gasteiger partial charge is 0.339 e. The maximum Gasteiger partial charge on any atom is 0.225 e. The molecular formula is C11H17IN4. The summed E-state index contributed by atoms with van der Waals surface area (Å²) in [5, 5.41) is 0. The van der Waals surface area contributed by atoms with Gasteiger partial charge in [0.2, 0.25) is 5.95 Å². The minimum Gasteiger partial charge on any atom is -0.339 e. The average Bonchev–Trinajstić information content (AvgIpc) is 2.30. The lowest BCUT2D eigenvalue weighted by molar-refractivity contribution is 0.371. The summed E-state index contributed by atoms with van der Waals surface area (Å²) in [4.78, 5) is 10.8. The van der Waals surface area contributed by atoms with E-state index in [0.29, 0.717) is 6.04 Å². The molecule has 2 N–H and O–H groups in total. The van der Waals surface area contributed by atoms with Gasteiger partial charge >= 0.3 is 0 Å². The topological polar surface area (TPSA) is 55.0 Å². The maximum absolute atomic E-state index is 6.15. The first-order valence-corrected chi connectivity index (χ1v) is 6.72. The first-order chi connectivity index (χ1) is 7.68. The molecule has 1 aromatic rings. The van der Waals surface area contributed by atoms with Gasteiger partial charge in [-0.3, -0.25) is 0 Å². The molecule has 4 nitrogen and oxygen atoms in total. The van der Waals surface area contributed by atoms with Gasteiger partial charge in [-0.2, -0.15) is 0 Å². The monoisotopic (exact) mass is 332 g/mol. The molecule has 1 saturated carbocycles. The zero-order valence-electron chi connectivity index (χ0n) is 9.43. The van der Waals surface area contributed by atoms with E-state index >= 15 is 0 Å². The summed E-state index contributed by atoms with van der Waals surface area (Å²) in [6.45, 7) is 0. The highest BCUT2D eigenvalue weighted by molar-refractivity contribution is 14.1. The number of hydrogen-bond donors (Lipinski definition) is 1. The molecule has 1 aliphatic carbocycles. The standard InChI is InChI=1S/C11H17IN4/c1-16(10-5-3-2-4-9(10)13)11-14-6-8(12)7-15-11/h6-7,9-10H,2-5,13H2,1H3. The fourth-order valence-electron chi connectivity index (χ4n) is 2.26. The molecule has 2 unspecified atom stereocenters. The Balaban J connectivity index is 2.11. The first kappa shape index (κ1) is 12.0. The van der Waals surface area contributed by atoms with Crippen LogP contribution in [0, 0.1) is 3.57 Å². The number of nitrogens with zero attached hydrogens (tertiary/aromatic N) is 3. The van der Waals surface area contributed by atoms with E-state index in [1.807, 2.05) is 19.4 Å². The van der Waals surface area contributed by atoms with Crippen molar-refractivity contribution in [2.24, 2.45) is 5.73 Å². The van der Waals surface area contributed by atoms with Gasteiger partial charge in [0.15, 0.2) is 0 Å². The van der Waals surface area contributed by atoms with Crippen LogP contribution in [0.4, 0.5) is 5.95 Å². The lowest BCUT2D eigenvalue weighted by Gasteiger charge is -2.35.